The van der Waals surface area contributed by atoms with E-state index in [4.69, 9.17) is 0 Å². The standard InChI is InChI=1S/C23H32N2/c1-2-25(23-12-19-6-20(13-23)8-21(7-19)14-23)15-24(1)22-9-16-3-17(10-22)5-18(4-16)11-22/h1,15-21H,3-14H2. The van der Waals surface area contributed by atoms with Gasteiger partial charge in [-0.1, -0.05) is 0 Å². The molecule has 0 aromatic carbocycles. The van der Waals surface area contributed by atoms with Crippen molar-refractivity contribution in [2.75, 3.05) is 0 Å². The molecule has 2 nitrogen and oxygen atoms in total. The maximum atomic E-state index is 3.77. The fraction of sp³-hybridized carbons (Fsp3) is 0.870. The Hall–Kier alpha value is -0.790. The fourth-order valence-corrected chi connectivity index (χ4v) is 9.58. The van der Waals surface area contributed by atoms with E-state index in [0.29, 0.717) is 11.1 Å². The minimum Gasteiger partial charge on any atom is -0.395 e. The van der Waals surface area contributed by atoms with Gasteiger partial charge in [0.1, 0.15) is 0 Å². The molecule has 0 N–H and O–H groups in total. The molecule has 8 bridgehead atoms. The van der Waals surface area contributed by atoms with Crippen molar-refractivity contribution in [2.45, 2.75) is 88.1 Å². The zero-order valence-corrected chi connectivity index (χ0v) is 15.5. The monoisotopic (exact) mass is 336 g/mol. The van der Waals surface area contributed by atoms with E-state index in [0.717, 1.165) is 35.5 Å². The number of rotatable bonds is 2. The maximum Gasteiger partial charge on any atom is 0.0969 e. The van der Waals surface area contributed by atoms with Gasteiger partial charge in [-0.2, -0.15) is 0 Å². The summed E-state index contributed by atoms with van der Waals surface area (Å²) in [7, 11) is 0. The molecule has 8 aliphatic rings. The molecule has 25 heavy (non-hydrogen) atoms. The van der Waals surface area contributed by atoms with Gasteiger partial charge in [-0.15, -0.1) is 0 Å². The molecule has 134 valence electrons. The van der Waals surface area contributed by atoms with Crippen LogP contribution in [0.2, 0.25) is 0 Å². The number of hydrogen-bond acceptors (Lipinski definition) is 0. The highest BCUT2D eigenvalue weighted by atomic mass is 15.2. The van der Waals surface area contributed by atoms with Crippen LogP contribution in [0.4, 0.5) is 0 Å². The topological polar surface area (TPSA) is 8.81 Å². The minimum atomic E-state index is 0.447. The highest BCUT2D eigenvalue weighted by Gasteiger charge is 2.55. The van der Waals surface area contributed by atoms with E-state index in [2.05, 4.69) is 27.9 Å². The van der Waals surface area contributed by atoms with Crippen LogP contribution in [0.5, 0.6) is 0 Å². The number of aromatic nitrogens is 2. The number of imidazole rings is 1. The van der Waals surface area contributed by atoms with Crippen molar-refractivity contribution in [3.05, 3.63) is 18.7 Å². The Morgan fingerprint density at radius 3 is 1.60 bits per heavy atom. The average molecular weight is 337 g/mol. The second kappa shape index (κ2) is 4.54. The van der Waals surface area contributed by atoms with Gasteiger partial charge in [0.2, 0.25) is 0 Å². The molecule has 8 fully saturated rings. The first kappa shape index (κ1) is 14.3. The predicted octanol–water partition coefficient (Wildman–Crippen LogP) is 4.43. The molecule has 8 aliphatic carbocycles. The van der Waals surface area contributed by atoms with Gasteiger partial charge in [0.15, 0.2) is 0 Å². The second-order valence-corrected chi connectivity index (χ2v) is 11.4. The van der Waals surface area contributed by atoms with Crippen LogP contribution < -0.4 is 4.57 Å². The lowest BCUT2D eigenvalue weighted by Gasteiger charge is -2.57. The van der Waals surface area contributed by atoms with Crippen molar-refractivity contribution in [1.82, 2.24) is 4.57 Å². The lowest BCUT2D eigenvalue weighted by atomic mass is 9.53. The summed E-state index contributed by atoms with van der Waals surface area (Å²) in [6.45, 7) is 0. The Balaban J connectivity index is 1.25. The highest BCUT2D eigenvalue weighted by Crippen LogP contribution is 2.59. The van der Waals surface area contributed by atoms with Gasteiger partial charge in [-0.25, -0.2) is 0 Å². The molecule has 2 heteroatoms. The Bertz CT molecular complexity index is 584. The number of nitrogens with zero attached hydrogens (tertiary/aromatic N) is 2. The van der Waals surface area contributed by atoms with E-state index in [1.54, 1.807) is 0 Å². The van der Waals surface area contributed by atoms with Crippen molar-refractivity contribution in [2.24, 2.45) is 35.5 Å². The third kappa shape index (κ3) is 1.90. The molecule has 0 atom stereocenters. The Morgan fingerprint density at radius 2 is 1.12 bits per heavy atom. The van der Waals surface area contributed by atoms with Gasteiger partial charge in [0.05, 0.1) is 17.4 Å². The van der Waals surface area contributed by atoms with Crippen LogP contribution in [0.15, 0.2) is 12.5 Å². The summed E-state index contributed by atoms with van der Waals surface area (Å²) in [6.07, 6.45) is 26.6. The van der Waals surface area contributed by atoms with Gasteiger partial charge in [-0.05, 0) is 119 Å². The van der Waals surface area contributed by atoms with E-state index < -0.39 is 0 Å². The van der Waals surface area contributed by atoms with Gasteiger partial charge in [0.25, 0.3) is 0 Å². The summed E-state index contributed by atoms with van der Waals surface area (Å²) in [4.78, 5) is 0. The summed E-state index contributed by atoms with van der Waals surface area (Å²) in [6, 6.07) is 0. The van der Waals surface area contributed by atoms with Crippen molar-refractivity contribution in [3.8, 4) is 0 Å². The second-order valence-electron chi connectivity index (χ2n) is 11.4. The molecule has 0 amide bonds. The lowest BCUT2D eigenvalue weighted by molar-refractivity contribution is -0.779. The van der Waals surface area contributed by atoms with Crippen LogP contribution in [0.25, 0.3) is 0 Å². The summed E-state index contributed by atoms with van der Waals surface area (Å²) >= 11 is 0. The van der Waals surface area contributed by atoms with Gasteiger partial charge in [-0.3, -0.25) is 0 Å². The zero-order chi connectivity index (χ0) is 16.2. The predicted molar refractivity (Wildman–Crippen MR) is 95.8 cm³/mol. The van der Waals surface area contributed by atoms with Crippen LogP contribution in [0, 0.1) is 41.7 Å². The van der Waals surface area contributed by atoms with Crippen LogP contribution in [0.1, 0.15) is 77.0 Å². The summed E-state index contributed by atoms with van der Waals surface area (Å²) in [5, 5.41) is 0. The van der Waals surface area contributed by atoms with Crippen LogP contribution >= 0.6 is 0 Å². The minimum absolute atomic E-state index is 0.447. The maximum absolute atomic E-state index is 3.77. The van der Waals surface area contributed by atoms with Crippen molar-refractivity contribution < 1.29 is 4.57 Å². The molecule has 0 aliphatic heterocycles. The van der Waals surface area contributed by atoms with Crippen LogP contribution in [0.3, 0.4) is 0 Å². The molecule has 8 saturated carbocycles. The van der Waals surface area contributed by atoms with Crippen LogP contribution in [-0.4, -0.2) is 4.57 Å². The highest BCUT2D eigenvalue weighted by molar-refractivity contribution is 5.06. The van der Waals surface area contributed by atoms with E-state index in [-0.39, 0.29) is 0 Å². The molecule has 9 rings (SSSR count). The SMILES string of the molecule is [c-]1cn(C23CC4CC(CC(C4)C2)C3)c[n+]1C12CC3CC(CC(C3)C1)C2. The van der Waals surface area contributed by atoms with Crippen molar-refractivity contribution >= 4 is 0 Å². The van der Waals surface area contributed by atoms with Crippen LogP contribution in [-0.2, 0) is 11.1 Å². The quantitative estimate of drug-likeness (QED) is 0.558. The van der Waals surface area contributed by atoms with E-state index in [9.17, 15) is 0 Å². The summed E-state index contributed by atoms with van der Waals surface area (Å²) in [5.41, 5.74) is 0.918. The summed E-state index contributed by atoms with van der Waals surface area (Å²) in [5.74, 6) is 6.16. The average Bonchev–Trinajstić information content (AvgIpc) is 3.04. The van der Waals surface area contributed by atoms with Gasteiger partial charge in [0, 0.05) is 6.20 Å². The first-order valence-electron chi connectivity index (χ1n) is 11.2. The van der Waals surface area contributed by atoms with Crippen molar-refractivity contribution in [1.29, 1.82) is 0 Å². The third-order valence-electron chi connectivity index (χ3n) is 9.65. The first-order valence-corrected chi connectivity index (χ1v) is 11.2. The molecule has 1 aromatic rings. The molecule has 0 spiro atoms. The van der Waals surface area contributed by atoms with E-state index >= 15 is 0 Å². The molecule has 0 radical (unpaired) electrons. The zero-order valence-electron chi connectivity index (χ0n) is 15.5. The molecule has 1 heterocycles. The Morgan fingerprint density at radius 1 is 0.680 bits per heavy atom. The molecule has 0 saturated heterocycles. The lowest BCUT2D eigenvalue weighted by Crippen LogP contribution is -2.64. The number of hydrogen-bond donors (Lipinski definition) is 0. The van der Waals surface area contributed by atoms with Crippen molar-refractivity contribution in [3.63, 3.8) is 0 Å². The van der Waals surface area contributed by atoms with E-state index in [1.165, 1.54) is 77.0 Å². The summed E-state index contributed by atoms with van der Waals surface area (Å²) < 4.78 is 5.28. The van der Waals surface area contributed by atoms with Gasteiger partial charge < -0.3 is 9.13 Å². The normalized spacial score (nSPS) is 55.2. The largest absolute Gasteiger partial charge is 0.395 e. The smallest absolute Gasteiger partial charge is 0.0969 e. The first-order chi connectivity index (χ1) is 12.2. The van der Waals surface area contributed by atoms with Gasteiger partial charge >= 0.3 is 0 Å². The molecule has 0 unspecified atom stereocenters. The molecular formula is C23H32N2. The third-order valence-corrected chi connectivity index (χ3v) is 9.65. The van der Waals surface area contributed by atoms with E-state index in [1.807, 2.05) is 0 Å². The molecular weight excluding hydrogens is 304 g/mol. The fourth-order valence-electron chi connectivity index (χ4n) is 9.58. The Kier molecular flexibility index (Phi) is 2.60. The Labute approximate surface area is 152 Å². The molecule has 1 aromatic heterocycles.